The van der Waals surface area contributed by atoms with Crippen molar-refractivity contribution in [1.29, 1.82) is 10.5 Å². The van der Waals surface area contributed by atoms with Gasteiger partial charge in [-0.1, -0.05) is 30.3 Å². The summed E-state index contributed by atoms with van der Waals surface area (Å²) in [5.41, 5.74) is 7.70. The Kier molecular flexibility index (Phi) is 7.49. The van der Waals surface area contributed by atoms with Crippen molar-refractivity contribution in [2.45, 2.75) is 30.5 Å². The van der Waals surface area contributed by atoms with Crippen molar-refractivity contribution < 1.29 is 13.9 Å². The van der Waals surface area contributed by atoms with Crippen molar-refractivity contribution in [3.05, 3.63) is 52.2 Å². The van der Waals surface area contributed by atoms with Gasteiger partial charge in [0, 0.05) is 11.1 Å². The van der Waals surface area contributed by atoms with E-state index in [-0.39, 0.29) is 33.4 Å². The number of aryl methyl sites for hydroxylation is 1. The van der Waals surface area contributed by atoms with Gasteiger partial charge < -0.3 is 20.2 Å². The molecule has 8 nitrogen and oxygen atoms in total. The van der Waals surface area contributed by atoms with E-state index >= 15 is 0 Å². The molecule has 3 N–H and O–H groups in total. The molecule has 0 aliphatic carbocycles. The minimum absolute atomic E-state index is 0.0457. The minimum atomic E-state index is -0.609. The number of pyridine rings is 1. The molecule has 3 aromatic rings. The van der Waals surface area contributed by atoms with Crippen LogP contribution in [0, 0.1) is 29.6 Å². The highest BCUT2D eigenvalue weighted by Crippen LogP contribution is 2.38. The first-order valence-electron chi connectivity index (χ1n) is 9.83. The van der Waals surface area contributed by atoms with E-state index in [9.17, 15) is 15.3 Å². The number of carbonyl (C=O) groups excluding carboxylic acids is 1. The zero-order valence-electron chi connectivity index (χ0n) is 18.1. The van der Waals surface area contributed by atoms with Gasteiger partial charge in [-0.2, -0.15) is 10.5 Å². The lowest BCUT2D eigenvalue weighted by molar-refractivity contribution is -0.115. The van der Waals surface area contributed by atoms with Gasteiger partial charge in [0.05, 0.1) is 35.4 Å². The zero-order valence-corrected chi connectivity index (χ0v) is 19.7. The molecule has 0 fully saturated rings. The number of carbonyl (C=O) groups is 1. The Morgan fingerprint density at radius 3 is 2.67 bits per heavy atom. The number of nitriles is 2. The Bertz CT molecular complexity index is 1280. The van der Waals surface area contributed by atoms with E-state index in [1.54, 1.807) is 24.3 Å². The van der Waals surface area contributed by atoms with Gasteiger partial charge in [-0.25, -0.2) is 4.98 Å². The smallest absolute Gasteiger partial charge is 0.238 e. The van der Waals surface area contributed by atoms with Gasteiger partial charge >= 0.3 is 0 Å². The fourth-order valence-corrected chi connectivity index (χ4v) is 4.32. The molecule has 33 heavy (non-hydrogen) atoms. The lowest BCUT2D eigenvalue weighted by Crippen LogP contribution is -2.25. The van der Waals surface area contributed by atoms with E-state index in [0.717, 1.165) is 17.3 Å². The molecule has 2 heterocycles. The Morgan fingerprint density at radius 2 is 2.09 bits per heavy atom. The third-order valence-electron chi connectivity index (χ3n) is 4.84. The monoisotopic (exact) mass is 481 g/mol. The summed E-state index contributed by atoms with van der Waals surface area (Å²) in [7, 11) is 1.49. The molecular weight excluding hydrogens is 462 g/mol. The third-order valence-corrected chi connectivity index (χ3v) is 6.60. The van der Waals surface area contributed by atoms with E-state index in [0.29, 0.717) is 28.6 Å². The summed E-state index contributed by atoms with van der Waals surface area (Å²) in [5, 5.41) is 22.4. The molecule has 0 radical (unpaired) electrons. The highest BCUT2D eigenvalue weighted by Gasteiger charge is 2.27. The van der Waals surface area contributed by atoms with Crippen LogP contribution in [0.3, 0.4) is 0 Å². The maximum atomic E-state index is 13.1. The van der Waals surface area contributed by atoms with Crippen LogP contribution in [0.4, 0.5) is 11.5 Å². The number of nitrogen functional groups attached to an aromatic ring is 1. The topological polar surface area (TPSA) is 138 Å². The number of anilines is 2. The summed E-state index contributed by atoms with van der Waals surface area (Å²) in [5.74, 6) is 0.390. The fourth-order valence-electron chi connectivity index (χ4n) is 3.15. The van der Waals surface area contributed by atoms with E-state index in [2.05, 4.69) is 16.4 Å². The third kappa shape index (κ3) is 4.90. The fraction of sp³-hybridized carbons (Fsp3) is 0.217. The number of nitrogens with two attached hydrogens (primary N) is 1. The summed E-state index contributed by atoms with van der Waals surface area (Å²) < 4.78 is 10.7. The van der Waals surface area contributed by atoms with Crippen LogP contribution in [0.2, 0.25) is 5.02 Å². The Balaban J connectivity index is 1.98. The summed E-state index contributed by atoms with van der Waals surface area (Å²) in [6, 6.07) is 10.7. The minimum Gasteiger partial charge on any atom is -0.495 e. The summed E-state index contributed by atoms with van der Waals surface area (Å²) in [6.45, 7) is 3.66. The quantitative estimate of drug-likeness (QED) is 0.442. The van der Waals surface area contributed by atoms with Crippen LogP contribution < -0.4 is 15.8 Å². The van der Waals surface area contributed by atoms with Crippen molar-refractivity contribution in [3.8, 4) is 29.2 Å². The summed E-state index contributed by atoms with van der Waals surface area (Å²) in [4.78, 5) is 17.4. The van der Waals surface area contributed by atoms with Crippen molar-refractivity contribution in [1.82, 2.24) is 4.98 Å². The molecule has 0 aliphatic heterocycles. The molecule has 1 aromatic carbocycles. The molecule has 0 saturated heterocycles. The molecule has 168 valence electrons. The number of hydrogen-bond acceptors (Lipinski definition) is 8. The maximum absolute atomic E-state index is 13.1. The molecule has 0 bridgehead atoms. The number of hydrogen-bond donors (Lipinski definition) is 2. The average Bonchev–Trinajstić information content (AvgIpc) is 3.33. The average molecular weight is 482 g/mol. The number of rotatable bonds is 7. The summed E-state index contributed by atoms with van der Waals surface area (Å²) in [6.07, 6.45) is 1.87. The van der Waals surface area contributed by atoms with E-state index in [1.807, 2.05) is 19.9 Å². The van der Waals surface area contributed by atoms with Crippen LogP contribution in [-0.2, 0) is 4.79 Å². The zero-order chi connectivity index (χ0) is 24.1. The van der Waals surface area contributed by atoms with Crippen LogP contribution in [0.1, 0.15) is 30.0 Å². The molecule has 10 heteroatoms. The Hall–Kier alpha value is -3.66. The second-order valence-corrected chi connectivity index (χ2v) is 8.53. The van der Waals surface area contributed by atoms with Gasteiger partial charge in [0.25, 0.3) is 0 Å². The number of amides is 1. The number of furan rings is 1. The van der Waals surface area contributed by atoms with Crippen LogP contribution in [0.5, 0.6) is 5.75 Å². The number of aromatic nitrogens is 1. The first-order chi connectivity index (χ1) is 15.8. The van der Waals surface area contributed by atoms with E-state index < -0.39 is 5.25 Å². The lowest BCUT2D eigenvalue weighted by Gasteiger charge is -2.18. The number of ether oxygens (including phenoxy) is 1. The highest BCUT2D eigenvalue weighted by molar-refractivity contribution is 8.00. The van der Waals surface area contributed by atoms with Crippen molar-refractivity contribution >= 4 is 40.8 Å². The first-order valence-corrected chi connectivity index (χ1v) is 11.1. The molecule has 0 spiro atoms. The van der Waals surface area contributed by atoms with Crippen LogP contribution >= 0.6 is 23.4 Å². The van der Waals surface area contributed by atoms with Gasteiger partial charge in [-0.15, -0.1) is 0 Å². The summed E-state index contributed by atoms with van der Waals surface area (Å²) >= 11 is 7.24. The number of nitrogens with one attached hydrogen (secondary N) is 1. The molecule has 1 amide bonds. The number of thioether (sulfide) groups is 1. The standard InChI is InChI=1S/C23H20ClN5O3S/c1-4-19(22(30)28-16-8-12(2)15(24)9-18(16)31-3)33-23-14(11-26)20(17-6-5-7-32-17)13(10-25)21(27)29-23/h5-9,19H,4H2,1-3H3,(H2,27,29)(H,28,30). The molecular formula is C23H20ClN5O3S. The second-order valence-electron chi connectivity index (χ2n) is 6.93. The molecule has 2 aromatic heterocycles. The largest absolute Gasteiger partial charge is 0.495 e. The molecule has 3 rings (SSSR count). The molecule has 0 saturated carbocycles. The number of methoxy groups -OCH3 is 1. The maximum Gasteiger partial charge on any atom is 0.238 e. The van der Waals surface area contributed by atoms with Gasteiger partial charge in [-0.05, 0) is 37.1 Å². The first kappa shape index (κ1) is 24.0. The normalized spacial score (nSPS) is 11.3. The number of nitrogens with zero attached hydrogens (tertiary/aromatic N) is 3. The predicted molar refractivity (Wildman–Crippen MR) is 127 cm³/mol. The number of halogens is 1. The van der Waals surface area contributed by atoms with Crippen LogP contribution in [-0.4, -0.2) is 23.3 Å². The molecule has 0 aliphatic rings. The van der Waals surface area contributed by atoms with Crippen molar-refractivity contribution in [2.24, 2.45) is 0 Å². The molecule has 1 atom stereocenters. The SMILES string of the molecule is CCC(Sc1nc(N)c(C#N)c(-c2ccco2)c1C#N)C(=O)Nc1cc(C)c(Cl)cc1OC. The van der Waals surface area contributed by atoms with Crippen LogP contribution in [0.25, 0.3) is 11.3 Å². The lowest BCUT2D eigenvalue weighted by atomic mass is 10.0. The van der Waals surface area contributed by atoms with E-state index in [1.165, 1.54) is 13.4 Å². The second kappa shape index (κ2) is 10.3. The van der Waals surface area contributed by atoms with Gasteiger partial charge in [0.15, 0.2) is 0 Å². The Labute approximate surface area is 200 Å². The predicted octanol–water partition coefficient (Wildman–Crippen LogP) is 5.15. The molecule has 1 unspecified atom stereocenters. The van der Waals surface area contributed by atoms with Crippen molar-refractivity contribution in [2.75, 3.05) is 18.2 Å². The van der Waals surface area contributed by atoms with Crippen molar-refractivity contribution in [3.63, 3.8) is 0 Å². The highest BCUT2D eigenvalue weighted by atomic mass is 35.5. The number of benzene rings is 1. The van der Waals surface area contributed by atoms with Gasteiger partial charge in [0.2, 0.25) is 5.91 Å². The van der Waals surface area contributed by atoms with Gasteiger partial charge in [0.1, 0.15) is 40.1 Å². The Morgan fingerprint density at radius 1 is 1.36 bits per heavy atom. The van der Waals surface area contributed by atoms with E-state index in [4.69, 9.17) is 26.5 Å². The van der Waals surface area contributed by atoms with Crippen LogP contribution in [0.15, 0.2) is 40.0 Å². The van der Waals surface area contributed by atoms with Gasteiger partial charge in [-0.3, -0.25) is 4.79 Å².